The number of carbonyl (C=O) groups is 2. The van der Waals surface area contributed by atoms with E-state index >= 15 is 0 Å². The molecular formula is C22H24FNO3S. The van der Waals surface area contributed by atoms with E-state index in [9.17, 15) is 14.0 Å². The molecule has 0 bridgehead atoms. The molecule has 1 amide bonds. The number of fused-ring (bicyclic) bond motifs is 1. The Morgan fingerprint density at radius 1 is 1.14 bits per heavy atom. The summed E-state index contributed by atoms with van der Waals surface area (Å²) < 4.78 is 18.2. The Bertz CT molecular complexity index is 871. The van der Waals surface area contributed by atoms with Gasteiger partial charge in [0.05, 0.1) is 12.2 Å². The zero-order valence-corrected chi connectivity index (χ0v) is 16.7. The Hall–Kier alpha value is -2.47. The second kappa shape index (κ2) is 9.64. The van der Waals surface area contributed by atoms with Crippen molar-refractivity contribution in [1.82, 2.24) is 0 Å². The number of esters is 1. The van der Waals surface area contributed by atoms with E-state index in [4.69, 9.17) is 4.74 Å². The van der Waals surface area contributed by atoms with Crippen molar-refractivity contribution in [1.29, 1.82) is 0 Å². The molecule has 0 saturated heterocycles. The number of rotatable bonds is 5. The van der Waals surface area contributed by atoms with Gasteiger partial charge in [-0.1, -0.05) is 25.0 Å². The van der Waals surface area contributed by atoms with E-state index in [0.29, 0.717) is 17.2 Å². The molecule has 2 aromatic rings. The zero-order valence-electron chi connectivity index (χ0n) is 15.9. The molecule has 0 saturated carbocycles. The van der Waals surface area contributed by atoms with Crippen molar-refractivity contribution < 1.29 is 18.7 Å². The van der Waals surface area contributed by atoms with Crippen molar-refractivity contribution in [3.05, 3.63) is 57.7 Å². The van der Waals surface area contributed by atoms with Gasteiger partial charge < -0.3 is 10.1 Å². The fraction of sp³-hybridized carbons (Fsp3) is 0.364. The first-order valence-electron chi connectivity index (χ1n) is 9.64. The van der Waals surface area contributed by atoms with Crippen molar-refractivity contribution in [2.75, 3.05) is 11.9 Å². The van der Waals surface area contributed by atoms with Gasteiger partial charge in [-0.15, -0.1) is 11.3 Å². The SMILES string of the molecule is CCOC(=O)c1c(NC(=O)C=Cc2ccc(F)cc2)sc2c1CCCCCC2. The number of hydrogen-bond acceptors (Lipinski definition) is 4. The minimum atomic E-state index is -0.376. The molecule has 1 aromatic carbocycles. The number of amides is 1. The molecule has 148 valence electrons. The molecule has 0 radical (unpaired) electrons. The van der Waals surface area contributed by atoms with Crippen molar-refractivity contribution in [2.24, 2.45) is 0 Å². The number of aryl methyl sites for hydroxylation is 1. The molecular weight excluding hydrogens is 377 g/mol. The second-order valence-electron chi connectivity index (χ2n) is 6.72. The summed E-state index contributed by atoms with van der Waals surface area (Å²) in [5, 5.41) is 3.40. The average Bonchev–Trinajstić information content (AvgIpc) is 2.97. The van der Waals surface area contributed by atoms with Crippen LogP contribution in [0.3, 0.4) is 0 Å². The number of anilines is 1. The van der Waals surface area contributed by atoms with Crippen LogP contribution in [0, 0.1) is 5.82 Å². The lowest BCUT2D eigenvalue weighted by atomic mass is 9.96. The van der Waals surface area contributed by atoms with Crippen LogP contribution >= 0.6 is 11.3 Å². The summed E-state index contributed by atoms with van der Waals surface area (Å²) in [5.41, 5.74) is 2.26. The molecule has 1 aromatic heterocycles. The Kier molecular flexibility index (Phi) is 6.98. The van der Waals surface area contributed by atoms with Crippen molar-refractivity contribution in [3.63, 3.8) is 0 Å². The van der Waals surface area contributed by atoms with Crippen LogP contribution in [-0.4, -0.2) is 18.5 Å². The van der Waals surface area contributed by atoms with Crippen LogP contribution in [0.25, 0.3) is 6.08 Å². The van der Waals surface area contributed by atoms with Gasteiger partial charge in [-0.2, -0.15) is 0 Å². The monoisotopic (exact) mass is 401 g/mol. The van der Waals surface area contributed by atoms with E-state index in [2.05, 4.69) is 5.32 Å². The molecule has 0 fully saturated rings. The van der Waals surface area contributed by atoms with Crippen LogP contribution in [0.4, 0.5) is 9.39 Å². The van der Waals surface area contributed by atoms with Gasteiger partial charge in [0.15, 0.2) is 0 Å². The standard InChI is InChI=1S/C22H24FNO3S/c1-2-27-22(26)20-17-7-5-3-4-6-8-18(17)28-21(20)24-19(25)14-11-15-9-12-16(23)13-10-15/h9-14H,2-8H2,1H3,(H,24,25). The maximum absolute atomic E-state index is 13.0. The van der Waals surface area contributed by atoms with Gasteiger partial charge in [-0.25, -0.2) is 9.18 Å². The van der Waals surface area contributed by atoms with Gasteiger partial charge in [0.25, 0.3) is 0 Å². The number of carbonyl (C=O) groups excluding carboxylic acids is 2. The molecule has 28 heavy (non-hydrogen) atoms. The molecule has 0 spiro atoms. The summed E-state index contributed by atoms with van der Waals surface area (Å²) in [7, 11) is 0. The molecule has 1 heterocycles. The molecule has 1 aliphatic carbocycles. The summed E-state index contributed by atoms with van der Waals surface area (Å²) in [6.45, 7) is 2.07. The van der Waals surface area contributed by atoms with Gasteiger partial charge >= 0.3 is 5.97 Å². The van der Waals surface area contributed by atoms with Crippen LogP contribution in [0.5, 0.6) is 0 Å². The minimum absolute atomic E-state index is 0.293. The highest BCUT2D eigenvalue weighted by Gasteiger charge is 2.25. The van der Waals surface area contributed by atoms with Gasteiger partial charge in [-0.05, 0) is 61.9 Å². The normalized spacial score (nSPS) is 14.2. The van der Waals surface area contributed by atoms with E-state index in [1.54, 1.807) is 25.1 Å². The van der Waals surface area contributed by atoms with Crippen molar-refractivity contribution in [2.45, 2.75) is 45.4 Å². The fourth-order valence-electron chi connectivity index (χ4n) is 3.33. The topological polar surface area (TPSA) is 55.4 Å². The number of ether oxygens (including phenoxy) is 1. The summed E-state index contributed by atoms with van der Waals surface area (Å²) in [4.78, 5) is 26.2. The van der Waals surface area contributed by atoms with Crippen LogP contribution in [0.1, 0.15) is 59.0 Å². The number of benzene rings is 1. The Balaban J connectivity index is 1.83. The molecule has 0 aliphatic heterocycles. The lowest BCUT2D eigenvalue weighted by molar-refractivity contribution is -0.111. The van der Waals surface area contributed by atoms with Gasteiger partial charge in [0.2, 0.25) is 5.91 Å². The smallest absolute Gasteiger partial charge is 0.341 e. The maximum atomic E-state index is 13.0. The van der Waals surface area contributed by atoms with Crippen molar-refractivity contribution >= 4 is 34.3 Å². The molecule has 3 rings (SSSR count). The highest BCUT2D eigenvalue weighted by atomic mass is 32.1. The molecule has 0 atom stereocenters. The number of halogens is 1. The van der Waals surface area contributed by atoms with E-state index < -0.39 is 0 Å². The molecule has 1 N–H and O–H groups in total. The first-order chi connectivity index (χ1) is 13.6. The molecule has 1 aliphatic rings. The predicted octanol–water partition coefficient (Wildman–Crippen LogP) is 5.37. The lowest BCUT2D eigenvalue weighted by Crippen LogP contribution is -2.13. The minimum Gasteiger partial charge on any atom is -0.462 e. The third kappa shape index (κ3) is 5.07. The van der Waals surface area contributed by atoms with E-state index in [1.165, 1.54) is 40.8 Å². The predicted molar refractivity (Wildman–Crippen MR) is 110 cm³/mol. The Morgan fingerprint density at radius 2 is 1.86 bits per heavy atom. The maximum Gasteiger partial charge on any atom is 0.341 e. The van der Waals surface area contributed by atoms with Gasteiger partial charge in [0, 0.05) is 11.0 Å². The molecule has 0 unspecified atom stereocenters. The zero-order chi connectivity index (χ0) is 19.9. The van der Waals surface area contributed by atoms with E-state index in [1.807, 2.05) is 0 Å². The van der Waals surface area contributed by atoms with Crippen LogP contribution in [0.15, 0.2) is 30.3 Å². The number of nitrogens with one attached hydrogen (secondary N) is 1. The number of hydrogen-bond donors (Lipinski definition) is 1. The third-order valence-corrected chi connectivity index (χ3v) is 5.89. The first kappa shape index (κ1) is 20.3. The third-order valence-electron chi connectivity index (χ3n) is 4.68. The highest BCUT2D eigenvalue weighted by Crippen LogP contribution is 2.37. The summed E-state index contributed by atoms with van der Waals surface area (Å²) in [5.74, 6) is -1.03. The summed E-state index contributed by atoms with van der Waals surface area (Å²) >= 11 is 1.47. The lowest BCUT2D eigenvalue weighted by Gasteiger charge is -2.11. The van der Waals surface area contributed by atoms with E-state index in [0.717, 1.165) is 43.2 Å². The molecule has 6 heteroatoms. The second-order valence-corrected chi connectivity index (χ2v) is 7.82. The summed E-state index contributed by atoms with van der Waals surface area (Å²) in [6, 6.07) is 5.88. The number of thiophene rings is 1. The fourth-order valence-corrected chi connectivity index (χ4v) is 4.61. The van der Waals surface area contributed by atoms with Crippen LogP contribution < -0.4 is 5.32 Å². The molecule has 4 nitrogen and oxygen atoms in total. The van der Waals surface area contributed by atoms with Crippen LogP contribution in [0.2, 0.25) is 0 Å². The largest absolute Gasteiger partial charge is 0.462 e. The first-order valence-corrected chi connectivity index (χ1v) is 10.5. The summed E-state index contributed by atoms with van der Waals surface area (Å²) in [6.07, 6.45) is 9.23. The highest BCUT2D eigenvalue weighted by molar-refractivity contribution is 7.17. The Labute approximate surface area is 168 Å². The van der Waals surface area contributed by atoms with Gasteiger partial charge in [0.1, 0.15) is 10.8 Å². The Morgan fingerprint density at radius 3 is 2.57 bits per heavy atom. The van der Waals surface area contributed by atoms with Crippen molar-refractivity contribution in [3.8, 4) is 0 Å². The average molecular weight is 402 g/mol. The van der Waals surface area contributed by atoms with Gasteiger partial charge in [-0.3, -0.25) is 4.79 Å². The van der Waals surface area contributed by atoms with Crippen LogP contribution in [-0.2, 0) is 22.4 Å². The quantitative estimate of drug-likeness (QED) is 0.541. The van der Waals surface area contributed by atoms with E-state index in [-0.39, 0.29) is 17.7 Å².